The van der Waals surface area contributed by atoms with Crippen molar-refractivity contribution in [1.29, 1.82) is 0 Å². The number of carboxylic acids is 1. The quantitative estimate of drug-likeness (QED) is 0.698. The zero-order chi connectivity index (χ0) is 15.0. The van der Waals surface area contributed by atoms with E-state index in [1.54, 1.807) is 4.90 Å². The molecule has 20 heavy (non-hydrogen) atoms. The molecular weight excluding hydrogens is 260 g/mol. The molecule has 0 saturated carbocycles. The van der Waals surface area contributed by atoms with Crippen LogP contribution in [0.4, 0.5) is 4.79 Å². The molecule has 0 atom stereocenters. The summed E-state index contributed by atoms with van der Waals surface area (Å²) in [5.41, 5.74) is 0. The van der Waals surface area contributed by atoms with Crippen LogP contribution in [0, 0.1) is 5.92 Å². The lowest BCUT2D eigenvalue weighted by molar-refractivity contribution is -0.137. The number of ether oxygens (including phenoxy) is 1. The van der Waals surface area contributed by atoms with Gasteiger partial charge in [0.15, 0.2) is 0 Å². The second-order valence-electron chi connectivity index (χ2n) is 5.51. The molecule has 1 aliphatic heterocycles. The molecule has 2 N–H and O–H groups in total. The highest BCUT2D eigenvalue weighted by molar-refractivity contribution is 5.74. The lowest BCUT2D eigenvalue weighted by atomic mass is 9.92. The molecule has 6 nitrogen and oxygen atoms in total. The lowest BCUT2D eigenvalue weighted by Gasteiger charge is -2.31. The Kier molecular flexibility index (Phi) is 7.36. The van der Waals surface area contributed by atoms with Gasteiger partial charge in [0.2, 0.25) is 0 Å². The maximum absolute atomic E-state index is 11.9. The molecule has 0 unspecified atom stereocenters. The van der Waals surface area contributed by atoms with E-state index in [0.717, 1.165) is 12.8 Å². The summed E-state index contributed by atoms with van der Waals surface area (Å²) in [4.78, 5) is 24.2. The fraction of sp³-hybridized carbons (Fsp3) is 0.857. The van der Waals surface area contributed by atoms with E-state index in [9.17, 15) is 9.59 Å². The van der Waals surface area contributed by atoms with Gasteiger partial charge in [-0.1, -0.05) is 0 Å². The lowest BCUT2D eigenvalue weighted by Crippen LogP contribution is -2.45. The summed E-state index contributed by atoms with van der Waals surface area (Å²) in [6, 6.07) is -0.0472. The minimum Gasteiger partial charge on any atom is -0.481 e. The van der Waals surface area contributed by atoms with Gasteiger partial charge >= 0.3 is 12.0 Å². The van der Waals surface area contributed by atoms with Gasteiger partial charge in [-0.25, -0.2) is 4.79 Å². The minimum absolute atomic E-state index is 0.0472. The Balaban J connectivity index is 2.14. The number of nitrogens with one attached hydrogen (secondary N) is 1. The molecule has 0 spiro atoms. The summed E-state index contributed by atoms with van der Waals surface area (Å²) < 4.78 is 5.36. The molecule has 1 heterocycles. The van der Waals surface area contributed by atoms with E-state index in [1.807, 2.05) is 13.8 Å². The largest absolute Gasteiger partial charge is 0.481 e. The van der Waals surface area contributed by atoms with Crippen LogP contribution >= 0.6 is 0 Å². The van der Waals surface area contributed by atoms with Gasteiger partial charge in [0.1, 0.15) is 0 Å². The van der Waals surface area contributed by atoms with Crippen LogP contribution < -0.4 is 5.32 Å². The summed E-state index contributed by atoms with van der Waals surface area (Å²) in [7, 11) is 0. The molecule has 6 heteroatoms. The number of likely N-dealkylation sites (tertiary alicyclic amines) is 1. The summed E-state index contributed by atoms with van der Waals surface area (Å²) in [5.74, 6) is -0.310. The number of rotatable bonds is 7. The van der Waals surface area contributed by atoms with Gasteiger partial charge in [-0.3, -0.25) is 4.79 Å². The van der Waals surface area contributed by atoms with Gasteiger partial charge in [0.25, 0.3) is 0 Å². The summed E-state index contributed by atoms with van der Waals surface area (Å²) in [5, 5.41) is 11.5. The van der Waals surface area contributed by atoms with Crippen molar-refractivity contribution in [3.63, 3.8) is 0 Å². The standard InChI is InChI=1S/C14H26N2O4/c1-11(2)20-10-7-15-14(19)16-8-5-12(6-9-16)3-4-13(17)18/h11-12H,3-10H2,1-2H3,(H,15,19)(H,17,18). The highest BCUT2D eigenvalue weighted by Gasteiger charge is 2.22. The van der Waals surface area contributed by atoms with E-state index in [0.29, 0.717) is 38.6 Å². The van der Waals surface area contributed by atoms with E-state index >= 15 is 0 Å². The Morgan fingerprint density at radius 2 is 2.00 bits per heavy atom. The van der Waals surface area contributed by atoms with Crippen LogP contribution in [0.1, 0.15) is 39.5 Å². The first-order valence-electron chi connectivity index (χ1n) is 7.35. The topological polar surface area (TPSA) is 78.9 Å². The Bertz CT molecular complexity index is 312. The first-order valence-corrected chi connectivity index (χ1v) is 7.35. The highest BCUT2D eigenvalue weighted by atomic mass is 16.5. The Labute approximate surface area is 120 Å². The Morgan fingerprint density at radius 3 is 2.55 bits per heavy atom. The molecule has 1 rings (SSSR count). The number of nitrogens with zero attached hydrogens (tertiary/aromatic N) is 1. The number of piperidine rings is 1. The number of carboxylic acid groups (broad SMARTS) is 1. The molecule has 1 fully saturated rings. The fourth-order valence-corrected chi connectivity index (χ4v) is 2.32. The summed E-state index contributed by atoms with van der Waals surface area (Å²) >= 11 is 0. The van der Waals surface area contributed by atoms with Gasteiger partial charge in [-0.15, -0.1) is 0 Å². The van der Waals surface area contributed by atoms with Gasteiger partial charge in [0.05, 0.1) is 12.7 Å². The van der Waals surface area contributed by atoms with Crippen LogP contribution in [0.15, 0.2) is 0 Å². The molecular formula is C14H26N2O4. The maximum Gasteiger partial charge on any atom is 0.317 e. The van der Waals surface area contributed by atoms with E-state index < -0.39 is 5.97 Å². The molecule has 0 bridgehead atoms. The van der Waals surface area contributed by atoms with Crippen molar-refractivity contribution in [1.82, 2.24) is 10.2 Å². The zero-order valence-electron chi connectivity index (χ0n) is 12.4. The highest BCUT2D eigenvalue weighted by Crippen LogP contribution is 2.21. The van der Waals surface area contributed by atoms with Crippen molar-refractivity contribution >= 4 is 12.0 Å². The van der Waals surface area contributed by atoms with Gasteiger partial charge in [0, 0.05) is 26.1 Å². The first-order chi connectivity index (χ1) is 9.49. The molecule has 0 aromatic rings. The number of hydrogen-bond acceptors (Lipinski definition) is 3. The SMILES string of the molecule is CC(C)OCCNC(=O)N1CCC(CCC(=O)O)CC1. The van der Waals surface area contributed by atoms with Crippen molar-refractivity contribution in [3.05, 3.63) is 0 Å². The normalized spacial score (nSPS) is 16.4. The first kappa shape index (κ1) is 16.8. The third kappa shape index (κ3) is 6.75. The van der Waals surface area contributed by atoms with Crippen LogP contribution in [0.25, 0.3) is 0 Å². The second-order valence-corrected chi connectivity index (χ2v) is 5.51. The van der Waals surface area contributed by atoms with Crippen LogP contribution in [0.5, 0.6) is 0 Å². The van der Waals surface area contributed by atoms with Crippen molar-refractivity contribution in [2.75, 3.05) is 26.2 Å². The minimum atomic E-state index is -0.740. The van der Waals surface area contributed by atoms with Crippen LogP contribution in [0.3, 0.4) is 0 Å². The van der Waals surface area contributed by atoms with Crippen LogP contribution in [-0.2, 0) is 9.53 Å². The van der Waals surface area contributed by atoms with E-state index in [-0.39, 0.29) is 18.6 Å². The van der Waals surface area contributed by atoms with E-state index in [4.69, 9.17) is 9.84 Å². The molecule has 0 aliphatic carbocycles. The maximum atomic E-state index is 11.9. The van der Waals surface area contributed by atoms with Crippen molar-refractivity contribution < 1.29 is 19.4 Å². The Morgan fingerprint density at radius 1 is 1.35 bits per heavy atom. The molecule has 0 radical (unpaired) electrons. The second kappa shape index (κ2) is 8.79. The summed E-state index contributed by atoms with van der Waals surface area (Å²) in [6.45, 7) is 6.39. The van der Waals surface area contributed by atoms with E-state index in [2.05, 4.69) is 5.32 Å². The number of amides is 2. The van der Waals surface area contributed by atoms with Crippen LogP contribution in [-0.4, -0.2) is 54.4 Å². The van der Waals surface area contributed by atoms with Crippen molar-refractivity contribution in [2.45, 2.75) is 45.6 Å². The van der Waals surface area contributed by atoms with E-state index in [1.165, 1.54) is 0 Å². The van der Waals surface area contributed by atoms with Crippen molar-refractivity contribution in [2.24, 2.45) is 5.92 Å². The van der Waals surface area contributed by atoms with Crippen LogP contribution in [0.2, 0.25) is 0 Å². The molecule has 1 aliphatic rings. The molecule has 1 saturated heterocycles. The number of carbonyl (C=O) groups excluding carboxylic acids is 1. The van der Waals surface area contributed by atoms with Gasteiger partial charge < -0.3 is 20.1 Å². The predicted octanol–water partition coefficient (Wildman–Crippen LogP) is 1.70. The fourth-order valence-electron chi connectivity index (χ4n) is 2.32. The van der Waals surface area contributed by atoms with Crippen molar-refractivity contribution in [3.8, 4) is 0 Å². The Hall–Kier alpha value is -1.30. The zero-order valence-corrected chi connectivity index (χ0v) is 12.4. The average Bonchev–Trinajstić information content (AvgIpc) is 2.41. The molecule has 116 valence electrons. The van der Waals surface area contributed by atoms with Gasteiger partial charge in [-0.2, -0.15) is 0 Å². The molecule has 2 amide bonds. The summed E-state index contributed by atoms with van der Waals surface area (Å²) in [6.07, 6.45) is 2.90. The smallest absolute Gasteiger partial charge is 0.317 e. The number of carbonyl (C=O) groups is 2. The monoisotopic (exact) mass is 286 g/mol. The number of urea groups is 1. The number of hydrogen-bond donors (Lipinski definition) is 2. The van der Waals surface area contributed by atoms with Gasteiger partial charge in [-0.05, 0) is 39.0 Å². The molecule has 0 aromatic carbocycles. The third-order valence-electron chi connectivity index (χ3n) is 3.50. The third-order valence-corrected chi connectivity index (χ3v) is 3.50. The number of aliphatic carboxylic acids is 1. The molecule has 0 aromatic heterocycles. The predicted molar refractivity (Wildman–Crippen MR) is 75.7 cm³/mol. The average molecular weight is 286 g/mol.